The van der Waals surface area contributed by atoms with Crippen LogP contribution in [0.15, 0.2) is 24.5 Å². The SMILES string of the molecule is CCOc1ccc(Cl)c(C(=O)N2CCC[C@H](n3cc(C)cn3)C2)n1. The molecule has 0 unspecified atom stereocenters. The zero-order valence-corrected chi connectivity index (χ0v) is 14.7. The second-order valence-electron chi connectivity index (χ2n) is 5.96. The van der Waals surface area contributed by atoms with Gasteiger partial charge in [-0.05, 0) is 38.3 Å². The molecule has 24 heavy (non-hydrogen) atoms. The zero-order chi connectivity index (χ0) is 17.1. The Kier molecular flexibility index (Phi) is 5.04. The van der Waals surface area contributed by atoms with E-state index in [1.807, 2.05) is 30.9 Å². The Hall–Kier alpha value is -2.08. The van der Waals surface area contributed by atoms with E-state index in [9.17, 15) is 4.79 Å². The highest BCUT2D eigenvalue weighted by Crippen LogP contribution is 2.25. The molecular weight excluding hydrogens is 328 g/mol. The molecule has 0 bridgehead atoms. The maximum atomic E-state index is 12.9. The molecule has 1 fully saturated rings. The maximum absolute atomic E-state index is 12.9. The summed E-state index contributed by atoms with van der Waals surface area (Å²) in [6.45, 7) is 5.69. The van der Waals surface area contributed by atoms with E-state index in [0.29, 0.717) is 30.6 Å². The van der Waals surface area contributed by atoms with Crippen molar-refractivity contribution in [3.05, 3.63) is 40.8 Å². The van der Waals surface area contributed by atoms with Crippen LogP contribution < -0.4 is 4.74 Å². The number of carbonyl (C=O) groups is 1. The fourth-order valence-electron chi connectivity index (χ4n) is 2.94. The lowest BCUT2D eigenvalue weighted by Crippen LogP contribution is -2.41. The van der Waals surface area contributed by atoms with Gasteiger partial charge in [0.15, 0.2) is 5.69 Å². The molecule has 0 N–H and O–H groups in total. The molecule has 2 aromatic heterocycles. The molecule has 128 valence electrons. The number of nitrogens with zero attached hydrogens (tertiary/aromatic N) is 4. The van der Waals surface area contributed by atoms with Crippen LogP contribution >= 0.6 is 11.6 Å². The van der Waals surface area contributed by atoms with Gasteiger partial charge in [0.1, 0.15) is 0 Å². The molecule has 1 aliphatic heterocycles. The van der Waals surface area contributed by atoms with Crippen molar-refractivity contribution in [1.29, 1.82) is 0 Å². The van der Waals surface area contributed by atoms with Crippen molar-refractivity contribution in [3.63, 3.8) is 0 Å². The van der Waals surface area contributed by atoms with Gasteiger partial charge in [0.05, 0.1) is 23.9 Å². The highest BCUT2D eigenvalue weighted by atomic mass is 35.5. The van der Waals surface area contributed by atoms with E-state index in [0.717, 1.165) is 18.4 Å². The summed E-state index contributed by atoms with van der Waals surface area (Å²) in [5.74, 6) is 0.261. The first-order chi connectivity index (χ1) is 11.6. The molecular formula is C17H21ClN4O2. The summed E-state index contributed by atoms with van der Waals surface area (Å²) in [6, 6.07) is 3.52. The smallest absolute Gasteiger partial charge is 0.274 e. The van der Waals surface area contributed by atoms with E-state index in [-0.39, 0.29) is 17.6 Å². The van der Waals surface area contributed by atoms with Crippen LogP contribution in [0.5, 0.6) is 5.88 Å². The van der Waals surface area contributed by atoms with E-state index in [1.54, 1.807) is 17.0 Å². The van der Waals surface area contributed by atoms with E-state index in [1.165, 1.54) is 0 Å². The number of hydrogen-bond donors (Lipinski definition) is 0. The van der Waals surface area contributed by atoms with E-state index >= 15 is 0 Å². The van der Waals surface area contributed by atoms with Gasteiger partial charge in [-0.3, -0.25) is 9.48 Å². The zero-order valence-electron chi connectivity index (χ0n) is 13.9. The van der Waals surface area contributed by atoms with Crippen molar-refractivity contribution in [2.45, 2.75) is 32.7 Å². The number of piperidine rings is 1. The van der Waals surface area contributed by atoms with Gasteiger partial charge in [-0.2, -0.15) is 5.10 Å². The number of amides is 1. The van der Waals surface area contributed by atoms with Crippen LogP contribution in [-0.2, 0) is 0 Å². The minimum Gasteiger partial charge on any atom is -0.478 e. The first-order valence-corrected chi connectivity index (χ1v) is 8.55. The molecule has 1 atom stereocenters. The number of rotatable bonds is 4. The molecule has 7 heteroatoms. The third kappa shape index (κ3) is 3.53. The minimum absolute atomic E-state index is 0.157. The third-order valence-electron chi connectivity index (χ3n) is 4.10. The Morgan fingerprint density at radius 1 is 1.46 bits per heavy atom. The minimum atomic E-state index is -0.157. The van der Waals surface area contributed by atoms with Crippen molar-refractivity contribution in [2.75, 3.05) is 19.7 Å². The monoisotopic (exact) mass is 348 g/mol. The van der Waals surface area contributed by atoms with E-state index in [4.69, 9.17) is 16.3 Å². The number of aromatic nitrogens is 3. The van der Waals surface area contributed by atoms with Crippen molar-refractivity contribution in [2.24, 2.45) is 0 Å². The van der Waals surface area contributed by atoms with E-state index in [2.05, 4.69) is 10.1 Å². The molecule has 0 aliphatic carbocycles. The van der Waals surface area contributed by atoms with Gasteiger partial charge < -0.3 is 9.64 Å². The Morgan fingerprint density at radius 2 is 2.29 bits per heavy atom. The molecule has 2 aromatic rings. The molecule has 3 rings (SSSR count). The maximum Gasteiger partial charge on any atom is 0.274 e. The molecule has 0 spiro atoms. The van der Waals surface area contributed by atoms with Crippen molar-refractivity contribution in [1.82, 2.24) is 19.7 Å². The molecule has 0 aromatic carbocycles. The number of ether oxygens (including phenoxy) is 1. The molecule has 1 amide bonds. The molecule has 6 nitrogen and oxygen atoms in total. The topological polar surface area (TPSA) is 60.2 Å². The Bertz CT molecular complexity index is 731. The van der Waals surface area contributed by atoms with Gasteiger partial charge in [0.2, 0.25) is 5.88 Å². The summed E-state index contributed by atoms with van der Waals surface area (Å²) >= 11 is 6.18. The van der Waals surface area contributed by atoms with Gasteiger partial charge in [0.25, 0.3) is 5.91 Å². The van der Waals surface area contributed by atoms with Crippen LogP contribution in [0.2, 0.25) is 5.02 Å². The predicted molar refractivity (Wildman–Crippen MR) is 91.6 cm³/mol. The fraction of sp³-hybridized carbons (Fsp3) is 0.471. The molecule has 1 saturated heterocycles. The number of hydrogen-bond acceptors (Lipinski definition) is 4. The highest BCUT2D eigenvalue weighted by molar-refractivity contribution is 6.33. The average molecular weight is 349 g/mol. The highest BCUT2D eigenvalue weighted by Gasteiger charge is 2.28. The second-order valence-corrected chi connectivity index (χ2v) is 6.37. The molecule has 3 heterocycles. The fourth-order valence-corrected chi connectivity index (χ4v) is 3.13. The van der Waals surface area contributed by atoms with Gasteiger partial charge >= 0.3 is 0 Å². The van der Waals surface area contributed by atoms with Gasteiger partial charge in [-0.15, -0.1) is 0 Å². The summed E-state index contributed by atoms with van der Waals surface area (Å²) in [6.07, 6.45) is 5.79. The van der Waals surface area contributed by atoms with Crippen LogP contribution in [0, 0.1) is 6.92 Å². The molecule has 0 radical (unpaired) electrons. The first-order valence-electron chi connectivity index (χ1n) is 8.18. The van der Waals surface area contributed by atoms with Crippen LogP contribution in [0.4, 0.5) is 0 Å². The summed E-state index contributed by atoms with van der Waals surface area (Å²) < 4.78 is 7.32. The lowest BCUT2D eigenvalue weighted by molar-refractivity contribution is 0.0666. The number of pyridine rings is 1. The van der Waals surface area contributed by atoms with Crippen molar-refractivity contribution < 1.29 is 9.53 Å². The van der Waals surface area contributed by atoms with E-state index < -0.39 is 0 Å². The van der Waals surface area contributed by atoms with Crippen LogP contribution in [0.1, 0.15) is 41.9 Å². The summed E-state index contributed by atoms with van der Waals surface area (Å²) in [5, 5.41) is 4.73. The lowest BCUT2D eigenvalue weighted by Gasteiger charge is -2.32. The van der Waals surface area contributed by atoms with Crippen LogP contribution in [0.3, 0.4) is 0 Å². The number of halogens is 1. The third-order valence-corrected chi connectivity index (χ3v) is 4.41. The summed E-state index contributed by atoms with van der Waals surface area (Å²) in [5.41, 5.74) is 1.37. The summed E-state index contributed by atoms with van der Waals surface area (Å²) in [7, 11) is 0. The van der Waals surface area contributed by atoms with Crippen molar-refractivity contribution in [3.8, 4) is 5.88 Å². The molecule has 1 aliphatic rings. The predicted octanol–water partition coefficient (Wildman–Crippen LogP) is 3.12. The van der Waals surface area contributed by atoms with Crippen LogP contribution in [-0.4, -0.2) is 45.3 Å². The van der Waals surface area contributed by atoms with Gasteiger partial charge in [-0.25, -0.2) is 4.98 Å². The van der Waals surface area contributed by atoms with Crippen molar-refractivity contribution >= 4 is 17.5 Å². The first kappa shape index (κ1) is 16.8. The molecule has 0 saturated carbocycles. The van der Waals surface area contributed by atoms with Gasteiger partial charge in [0, 0.05) is 25.4 Å². The Labute approximate surface area is 146 Å². The Balaban J connectivity index is 1.78. The van der Waals surface area contributed by atoms with Gasteiger partial charge in [-0.1, -0.05) is 11.6 Å². The lowest BCUT2D eigenvalue weighted by atomic mass is 10.1. The standard InChI is InChI=1S/C17H21ClN4O2/c1-3-24-15-7-6-14(18)16(20-15)17(23)21-8-4-5-13(11-21)22-10-12(2)9-19-22/h6-7,9-10,13H,3-5,8,11H2,1-2H3/t13-/m0/s1. The van der Waals surface area contributed by atoms with Crippen LogP contribution in [0.25, 0.3) is 0 Å². The second kappa shape index (κ2) is 7.21. The number of aryl methyl sites for hydroxylation is 1. The Morgan fingerprint density at radius 3 is 3.00 bits per heavy atom. The average Bonchev–Trinajstić information content (AvgIpc) is 3.03. The normalized spacial score (nSPS) is 17.8. The number of likely N-dealkylation sites (tertiary alicyclic amines) is 1. The number of carbonyl (C=O) groups excluding carboxylic acids is 1. The quantitative estimate of drug-likeness (QED) is 0.851. The largest absolute Gasteiger partial charge is 0.478 e. The summed E-state index contributed by atoms with van der Waals surface area (Å²) in [4.78, 5) is 18.9.